The second-order valence-corrected chi connectivity index (χ2v) is 7.24. The van der Waals surface area contributed by atoms with E-state index in [1.165, 1.54) is 0 Å². The van der Waals surface area contributed by atoms with Crippen LogP contribution in [0.15, 0.2) is 36.4 Å². The number of ether oxygens (including phenoxy) is 2. The number of hydrogen-bond donors (Lipinski definition) is 5. The molecule has 0 saturated carbocycles. The quantitative estimate of drug-likeness (QED) is 0.512. The molecule has 0 bridgehead atoms. The average Bonchev–Trinajstić information content (AvgIpc) is 2.67. The summed E-state index contributed by atoms with van der Waals surface area (Å²) in [5.41, 5.74) is 3.49. The van der Waals surface area contributed by atoms with Crippen LogP contribution in [0.2, 0.25) is 0 Å². The third-order valence-corrected chi connectivity index (χ3v) is 4.92. The van der Waals surface area contributed by atoms with Gasteiger partial charge in [-0.2, -0.15) is 0 Å². The fourth-order valence-corrected chi connectivity index (χ4v) is 3.31. The molecule has 7 nitrogen and oxygen atoms in total. The van der Waals surface area contributed by atoms with E-state index in [2.05, 4.69) is 0 Å². The molecule has 1 fully saturated rings. The van der Waals surface area contributed by atoms with E-state index >= 15 is 0 Å². The average molecular weight is 390 g/mol. The van der Waals surface area contributed by atoms with Gasteiger partial charge in [-0.3, -0.25) is 0 Å². The summed E-state index contributed by atoms with van der Waals surface area (Å²) >= 11 is 0. The molecule has 0 radical (unpaired) electrons. The van der Waals surface area contributed by atoms with E-state index in [4.69, 9.17) is 9.47 Å². The van der Waals surface area contributed by atoms with E-state index in [0.717, 1.165) is 22.3 Å². The summed E-state index contributed by atoms with van der Waals surface area (Å²) in [5.74, 6) is 0.585. The Bertz CT molecular complexity index is 820. The van der Waals surface area contributed by atoms with Gasteiger partial charge in [-0.25, -0.2) is 0 Å². The number of rotatable bonds is 5. The maximum atomic E-state index is 10.2. The predicted octanol–water partition coefficient (Wildman–Crippen LogP) is 0.779. The van der Waals surface area contributed by atoms with Gasteiger partial charge in [0.25, 0.3) is 0 Å². The second-order valence-electron chi connectivity index (χ2n) is 7.24. The molecule has 152 valence electrons. The lowest BCUT2D eigenvalue weighted by Gasteiger charge is -2.39. The largest absolute Gasteiger partial charge is 0.508 e. The van der Waals surface area contributed by atoms with Crippen molar-refractivity contribution in [2.75, 3.05) is 6.61 Å². The Balaban J connectivity index is 1.87. The zero-order valence-corrected chi connectivity index (χ0v) is 15.8. The van der Waals surface area contributed by atoms with E-state index in [-0.39, 0.29) is 5.75 Å². The Labute approximate surface area is 163 Å². The Morgan fingerprint density at radius 3 is 2.21 bits per heavy atom. The lowest BCUT2D eigenvalue weighted by Crippen LogP contribution is -2.60. The fourth-order valence-electron chi connectivity index (χ4n) is 3.31. The summed E-state index contributed by atoms with van der Waals surface area (Å²) in [6, 6.07) is 10.8. The van der Waals surface area contributed by atoms with Crippen LogP contribution in [0.25, 0.3) is 0 Å². The van der Waals surface area contributed by atoms with Gasteiger partial charge in [-0.1, -0.05) is 35.4 Å². The Morgan fingerprint density at radius 2 is 1.54 bits per heavy atom. The van der Waals surface area contributed by atoms with Crippen molar-refractivity contribution >= 4 is 0 Å². The minimum Gasteiger partial charge on any atom is -0.508 e. The first-order valence-electron chi connectivity index (χ1n) is 9.15. The Morgan fingerprint density at radius 1 is 0.893 bits per heavy atom. The summed E-state index contributed by atoms with van der Waals surface area (Å²) in [7, 11) is 0. The molecule has 0 spiro atoms. The SMILES string of the molecule is Cc1ccc(O)c(Cc2cc(C)ccc2O[C@@H]2O[C@H](CO)[C@@H](O)[C@H](O)[C@H]2O)c1. The van der Waals surface area contributed by atoms with Crippen molar-refractivity contribution in [2.24, 2.45) is 0 Å². The van der Waals surface area contributed by atoms with Gasteiger partial charge in [0.15, 0.2) is 0 Å². The van der Waals surface area contributed by atoms with Gasteiger partial charge in [0.1, 0.15) is 35.9 Å². The molecule has 1 heterocycles. The lowest BCUT2D eigenvalue weighted by molar-refractivity contribution is -0.277. The van der Waals surface area contributed by atoms with Crippen molar-refractivity contribution in [1.29, 1.82) is 0 Å². The van der Waals surface area contributed by atoms with Crippen LogP contribution >= 0.6 is 0 Å². The number of benzene rings is 2. The van der Waals surface area contributed by atoms with Gasteiger partial charge in [-0.05, 0) is 37.1 Å². The number of aliphatic hydroxyl groups excluding tert-OH is 4. The molecule has 0 unspecified atom stereocenters. The van der Waals surface area contributed by atoms with Gasteiger partial charge in [0, 0.05) is 6.42 Å². The van der Waals surface area contributed by atoms with Gasteiger partial charge >= 0.3 is 0 Å². The normalized spacial score (nSPS) is 27.6. The van der Waals surface area contributed by atoms with Crippen LogP contribution in [-0.2, 0) is 11.2 Å². The van der Waals surface area contributed by atoms with Crippen LogP contribution in [0.4, 0.5) is 0 Å². The van der Waals surface area contributed by atoms with Crippen LogP contribution in [0.1, 0.15) is 22.3 Å². The summed E-state index contributed by atoms with van der Waals surface area (Å²) in [4.78, 5) is 0. The second kappa shape index (κ2) is 8.46. The molecular formula is C21H26O7. The van der Waals surface area contributed by atoms with Gasteiger partial charge in [-0.15, -0.1) is 0 Å². The molecule has 5 N–H and O–H groups in total. The maximum absolute atomic E-state index is 10.2. The summed E-state index contributed by atoms with van der Waals surface area (Å²) in [5, 5.41) is 49.6. The monoisotopic (exact) mass is 390 g/mol. The summed E-state index contributed by atoms with van der Waals surface area (Å²) < 4.78 is 11.2. The van der Waals surface area contributed by atoms with E-state index in [9.17, 15) is 25.5 Å². The smallest absolute Gasteiger partial charge is 0.229 e. The van der Waals surface area contributed by atoms with E-state index in [0.29, 0.717) is 12.2 Å². The van der Waals surface area contributed by atoms with Crippen LogP contribution in [-0.4, -0.2) is 62.8 Å². The zero-order chi connectivity index (χ0) is 20.4. The molecule has 7 heteroatoms. The zero-order valence-electron chi connectivity index (χ0n) is 15.8. The van der Waals surface area contributed by atoms with Gasteiger partial charge in [0.05, 0.1) is 6.61 Å². The van der Waals surface area contributed by atoms with Gasteiger partial charge in [0.2, 0.25) is 6.29 Å². The summed E-state index contributed by atoms with van der Waals surface area (Å²) in [6.07, 6.45) is -6.35. The molecule has 0 amide bonds. The lowest BCUT2D eigenvalue weighted by atomic mass is 9.98. The van der Waals surface area contributed by atoms with Crippen molar-refractivity contribution in [3.63, 3.8) is 0 Å². The topological polar surface area (TPSA) is 120 Å². The van der Waals surface area contributed by atoms with Crippen molar-refractivity contribution in [2.45, 2.75) is 51.0 Å². The molecule has 28 heavy (non-hydrogen) atoms. The van der Waals surface area contributed by atoms with Crippen LogP contribution < -0.4 is 4.74 Å². The Hall–Kier alpha value is -2.16. The van der Waals surface area contributed by atoms with Gasteiger partial charge < -0.3 is 35.0 Å². The molecule has 5 atom stereocenters. The minimum absolute atomic E-state index is 0.172. The van der Waals surface area contributed by atoms with Crippen molar-refractivity contribution < 1.29 is 35.0 Å². The van der Waals surface area contributed by atoms with Crippen LogP contribution in [0.3, 0.4) is 0 Å². The standard InChI is InChI=1S/C21H26O7/c1-11-3-5-15(23)13(7-11)9-14-8-12(2)4-6-16(14)27-21-20(26)19(25)18(24)17(10-22)28-21/h3-8,17-26H,9-10H2,1-2H3/t17-,18-,19+,20-,21-/m1/s1. The highest BCUT2D eigenvalue weighted by atomic mass is 16.7. The first-order chi connectivity index (χ1) is 13.3. The number of aryl methyl sites for hydroxylation is 2. The highest BCUT2D eigenvalue weighted by Crippen LogP contribution is 2.30. The molecule has 0 aromatic heterocycles. The highest BCUT2D eigenvalue weighted by molar-refractivity contribution is 5.45. The maximum Gasteiger partial charge on any atom is 0.229 e. The highest BCUT2D eigenvalue weighted by Gasteiger charge is 2.44. The van der Waals surface area contributed by atoms with Crippen molar-refractivity contribution in [1.82, 2.24) is 0 Å². The van der Waals surface area contributed by atoms with Crippen LogP contribution in [0, 0.1) is 13.8 Å². The number of aromatic hydroxyl groups is 1. The van der Waals surface area contributed by atoms with Crippen LogP contribution in [0.5, 0.6) is 11.5 Å². The predicted molar refractivity (Wildman–Crippen MR) is 101 cm³/mol. The third-order valence-electron chi connectivity index (χ3n) is 4.92. The number of phenols is 1. The number of aliphatic hydroxyl groups is 4. The minimum atomic E-state index is -1.51. The Kier molecular flexibility index (Phi) is 6.22. The van der Waals surface area contributed by atoms with Crippen molar-refractivity contribution in [3.05, 3.63) is 58.7 Å². The molecule has 2 aromatic rings. The first-order valence-corrected chi connectivity index (χ1v) is 9.15. The fraction of sp³-hybridized carbons (Fsp3) is 0.429. The first kappa shape index (κ1) is 20.6. The number of phenolic OH excluding ortho intramolecular Hbond substituents is 1. The van der Waals surface area contributed by atoms with Crippen molar-refractivity contribution in [3.8, 4) is 11.5 Å². The molecule has 1 saturated heterocycles. The molecule has 1 aliphatic heterocycles. The number of hydrogen-bond acceptors (Lipinski definition) is 7. The molecule has 0 aliphatic carbocycles. The van der Waals surface area contributed by atoms with E-state index in [1.54, 1.807) is 12.1 Å². The molecule has 1 aliphatic rings. The summed E-state index contributed by atoms with van der Waals surface area (Å²) in [6.45, 7) is 3.34. The molecule has 3 rings (SSSR count). The van der Waals surface area contributed by atoms with E-state index < -0.39 is 37.3 Å². The molecule has 2 aromatic carbocycles. The third kappa shape index (κ3) is 4.29. The van der Waals surface area contributed by atoms with E-state index in [1.807, 2.05) is 38.1 Å². The molecular weight excluding hydrogens is 364 g/mol.